The Balaban J connectivity index is 2.60. The second-order valence-corrected chi connectivity index (χ2v) is 3.81. The maximum Gasteiger partial charge on any atom is 0.202 e. The van der Waals surface area contributed by atoms with Crippen molar-refractivity contribution in [3.63, 3.8) is 0 Å². The first kappa shape index (κ1) is 9.54. The Hall–Kier alpha value is -1.01. The highest BCUT2D eigenvalue weighted by Crippen LogP contribution is 2.32. The highest BCUT2D eigenvalue weighted by molar-refractivity contribution is 9.10. The number of nitrogens with zero attached hydrogens (tertiary/aromatic N) is 3. The van der Waals surface area contributed by atoms with Crippen LogP contribution in [0.4, 0.5) is 5.82 Å². The van der Waals surface area contributed by atoms with Crippen LogP contribution in [0, 0.1) is 0 Å². The lowest BCUT2D eigenvalue weighted by Crippen LogP contribution is -1.91. The first-order valence-corrected chi connectivity index (χ1v) is 4.86. The Kier molecular flexibility index (Phi) is 2.24. The molecule has 2 aromatic heterocycles. The molecule has 2 aromatic rings. The van der Waals surface area contributed by atoms with Crippen LogP contribution in [0.15, 0.2) is 15.2 Å². The Morgan fingerprint density at radius 1 is 1.64 bits per heavy atom. The van der Waals surface area contributed by atoms with Crippen LogP contribution in [0.2, 0.25) is 5.28 Å². The molecule has 0 saturated carbocycles. The van der Waals surface area contributed by atoms with E-state index in [0.29, 0.717) is 27.0 Å². The summed E-state index contributed by atoms with van der Waals surface area (Å²) in [4.78, 5) is 3.92. The summed E-state index contributed by atoms with van der Waals surface area (Å²) in [6, 6.07) is 0. The summed E-state index contributed by atoms with van der Waals surface area (Å²) in [7, 11) is 1.77. The number of nitrogen functional groups attached to an aromatic ring is 1. The van der Waals surface area contributed by atoms with E-state index in [-0.39, 0.29) is 0 Å². The third-order valence-electron chi connectivity index (χ3n) is 1.82. The number of hydrogen-bond donors (Lipinski definition) is 1. The monoisotopic (exact) mass is 276 g/mol. The average molecular weight is 278 g/mol. The van der Waals surface area contributed by atoms with Crippen LogP contribution in [0.1, 0.15) is 0 Å². The molecule has 74 valence electrons. The Morgan fingerprint density at radius 3 is 2.79 bits per heavy atom. The molecule has 0 saturated heterocycles. The minimum absolute atomic E-state index is 0.303. The standard InChI is InChI=1S/C7H6BrClN4O/c1-13-3(2-11-7(13)9)5-4(8)6(10)12-14-5/h2H,1H3,(H2,10,12). The molecule has 7 heteroatoms. The van der Waals surface area contributed by atoms with E-state index in [1.807, 2.05) is 0 Å². The van der Waals surface area contributed by atoms with Gasteiger partial charge in [0.2, 0.25) is 11.0 Å². The lowest BCUT2D eigenvalue weighted by Gasteiger charge is -1.97. The predicted molar refractivity (Wildman–Crippen MR) is 55.8 cm³/mol. The van der Waals surface area contributed by atoms with Gasteiger partial charge in [0.15, 0.2) is 5.82 Å². The van der Waals surface area contributed by atoms with Gasteiger partial charge in [0.05, 0.1) is 6.20 Å². The zero-order chi connectivity index (χ0) is 10.3. The highest BCUT2D eigenvalue weighted by atomic mass is 79.9. The molecule has 0 atom stereocenters. The van der Waals surface area contributed by atoms with Crippen LogP contribution in [0.5, 0.6) is 0 Å². The maximum atomic E-state index is 5.78. The number of halogens is 2. The summed E-state index contributed by atoms with van der Waals surface area (Å²) < 4.78 is 7.32. The zero-order valence-corrected chi connectivity index (χ0v) is 9.50. The smallest absolute Gasteiger partial charge is 0.202 e. The third-order valence-corrected chi connectivity index (χ3v) is 2.94. The van der Waals surface area contributed by atoms with Crippen molar-refractivity contribution >= 4 is 33.3 Å². The van der Waals surface area contributed by atoms with Crippen LogP contribution in [0.25, 0.3) is 11.5 Å². The summed E-state index contributed by atoms with van der Waals surface area (Å²) in [5.41, 5.74) is 6.23. The molecule has 2 heterocycles. The Labute approximate surface area is 93.0 Å². The van der Waals surface area contributed by atoms with Crippen molar-refractivity contribution < 1.29 is 4.52 Å². The van der Waals surface area contributed by atoms with E-state index in [9.17, 15) is 0 Å². The number of nitrogens with two attached hydrogens (primary N) is 1. The van der Waals surface area contributed by atoms with Gasteiger partial charge in [-0.1, -0.05) is 5.16 Å². The summed E-state index contributed by atoms with van der Waals surface area (Å²) >= 11 is 9.05. The fourth-order valence-electron chi connectivity index (χ4n) is 1.05. The first-order chi connectivity index (χ1) is 6.61. The molecule has 5 nitrogen and oxygen atoms in total. The number of aromatic nitrogens is 3. The number of hydrogen-bond acceptors (Lipinski definition) is 4. The van der Waals surface area contributed by atoms with Crippen LogP contribution in [-0.2, 0) is 7.05 Å². The van der Waals surface area contributed by atoms with Crippen molar-refractivity contribution in [3.05, 3.63) is 16.0 Å². The number of imidazole rings is 1. The normalized spacial score (nSPS) is 10.8. The lowest BCUT2D eigenvalue weighted by atomic mass is 10.3. The van der Waals surface area contributed by atoms with E-state index in [1.54, 1.807) is 17.8 Å². The minimum atomic E-state index is 0.303. The zero-order valence-electron chi connectivity index (χ0n) is 7.16. The summed E-state index contributed by atoms with van der Waals surface area (Å²) in [6.07, 6.45) is 1.59. The fraction of sp³-hybridized carbons (Fsp3) is 0.143. The first-order valence-electron chi connectivity index (χ1n) is 3.69. The maximum absolute atomic E-state index is 5.78. The molecule has 2 rings (SSSR count). The van der Waals surface area contributed by atoms with E-state index in [0.717, 1.165) is 0 Å². The van der Waals surface area contributed by atoms with Crippen molar-refractivity contribution in [2.75, 3.05) is 5.73 Å². The molecule has 0 aliphatic rings. The van der Waals surface area contributed by atoms with Crippen LogP contribution >= 0.6 is 27.5 Å². The van der Waals surface area contributed by atoms with Gasteiger partial charge in [0.1, 0.15) is 10.2 Å². The van der Waals surface area contributed by atoms with E-state index >= 15 is 0 Å². The van der Waals surface area contributed by atoms with E-state index in [2.05, 4.69) is 26.1 Å². The van der Waals surface area contributed by atoms with Gasteiger partial charge >= 0.3 is 0 Å². The number of anilines is 1. The second kappa shape index (κ2) is 3.29. The van der Waals surface area contributed by atoms with E-state index in [4.69, 9.17) is 21.9 Å². The van der Waals surface area contributed by atoms with Crippen LogP contribution in [-0.4, -0.2) is 14.7 Å². The Bertz CT molecular complexity index is 434. The molecule has 0 fully saturated rings. The van der Waals surface area contributed by atoms with Crippen molar-refractivity contribution in [2.45, 2.75) is 0 Å². The molecule has 0 radical (unpaired) electrons. The highest BCUT2D eigenvalue weighted by Gasteiger charge is 2.17. The van der Waals surface area contributed by atoms with Crippen molar-refractivity contribution in [3.8, 4) is 11.5 Å². The second-order valence-electron chi connectivity index (χ2n) is 2.68. The molecular formula is C7H6BrClN4O. The van der Waals surface area contributed by atoms with Crippen LogP contribution in [0.3, 0.4) is 0 Å². The molecule has 14 heavy (non-hydrogen) atoms. The Morgan fingerprint density at radius 2 is 2.36 bits per heavy atom. The molecule has 0 aliphatic carbocycles. The van der Waals surface area contributed by atoms with Gasteiger partial charge in [-0.15, -0.1) is 0 Å². The molecule has 0 aromatic carbocycles. The molecule has 0 spiro atoms. The fourth-order valence-corrected chi connectivity index (χ4v) is 1.54. The molecule has 0 amide bonds. The predicted octanol–water partition coefficient (Wildman–Crippen LogP) is 2.07. The average Bonchev–Trinajstić information content (AvgIpc) is 2.63. The van der Waals surface area contributed by atoms with Gasteiger partial charge in [0, 0.05) is 7.05 Å². The number of rotatable bonds is 1. The molecule has 0 bridgehead atoms. The quantitative estimate of drug-likeness (QED) is 0.866. The molecule has 0 aliphatic heterocycles. The van der Waals surface area contributed by atoms with E-state index in [1.165, 1.54) is 0 Å². The molecule has 0 unspecified atom stereocenters. The molecular weight excluding hydrogens is 271 g/mol. The molecule has 2 N–H and O–H groups in total. The van der Waals surface area contributed by atoms with Gasteiger partial charge in [-0.3, -0.25) is 0 Å². The minimum Gasteiger partial charge on any atom is -0.380 e. The summed E-state index contributed by atoms with van der Waals surface area (Å²) in [6.45, 7) is 0. The van der Waals surface area contributed by atoms with Crippen molar-refractivity contribution in [1.82, 2.24) is 14.7 Å². The van der Waals surface area contributed by atoms with Gasteiger partial charge in [-0.25, -0.2) is 4.98 Å². The lowest BCUT2D eigenvalue weighted by molar-refractivity contribution is 0.433. The van der Waals surface area contributed by atoms with Crippen LogP contribution < -0.4 is 5.73 Å². The van der Waals surface area contributed by atoms with Crippen molar-refractivity contribution in [2.24, 2.45) is 7.05 Å². The van der Waals surface area contributed by atoms with Gasteiger partial charge in [0.25, 0.3) is 0 Å². The van der Waals surface area contributed by atoms with Gasteiger partial charge in [-0.05, 0) is 27.5 Å². The largest absolute Gasteiger partial charge is 0.380 e. The van der Waals surface area contributed by atoms with Gasteiger partial charge in [-0.2, -0.15) is 0 Å². The SMILES string of the molecule is Cn1c(-c2onc(N)c2Br)cnc1Cl. The summed E-state index contributed by atoms with van der Waals surface area (Å²) in [5, 5.41) is 3.99. The summed E-state index contributed by atoms with van der Waals surface area (Å²) in [5.74, 6) is 0.821. The van der Waals surface area contributed by atoms with E-state index < -0.39 is 0 Å². The van der Waals surface area contributed by atoms with Gasteiger partial charge < -0.3 is 14.8 Å². The topological polar surface area (TPSA) is 69.9 Å². The third kappa shape index (κ3) is 1.31. The van der Waals surface area contributed by atoms with Crippen molar-refractivity contribution in [1.29, 1.82) is 0 Å².